The molecule has 3 aromatic rings. The lowest BCUT2D eigenvalue weighted by molar-refractivity contribution is -0.137. The third-order valence-corrected chi connectivity index (χ3v) is 4.79. The summed E-state index contributed by atoms with van der Waals surface area (Å²) in [6.45, 7) is 0.399. The number of halogens is 4. The zero-order valence-electron chi connectivity index (χ0n) is 13.7. The van der Waals surface area contributed by atoms with E-state index in [2.05, 4.69) is 4.98 Å². The van der Waals surface area contributed by atoms with Crippen LogP contribution < -0.4 is 5.56 Å². The fraction of sp³-hybridized carbons (Fsp3) is 0.158. The van der Waals surface area contributed by atoms with Crippen LogP contribution in [0.25, 0.3) is 22.6 Å². The lowest BCUT2D eigenvalue weighted by atomic mass is 10.1. The second-order valence-electron chi connectivity index (χ2n) is 6.25. The minimum atomic E-state index is -4.51. The molecule has 0 amide bonds. The van der Waals surface area contributed by atoms with E-state index < -0.39 is 11.7 Å². The Labute approximate surface area is 156 Å². The monoisotopic (exact) mass is 392 g/mol. The maximum Gasteiger partial charge on any atom is 0.416 e. The standard InChI is InChI=1S/C19H12ClF3N2O2/c20-14-8-10(1-4-16(14)26)7-11-5-6-25-17(11)24-15-9-12(19(21,22)23)2-3-13(15)18(25)27/h1-4,7-9,26H,5-6H2/b11-7-. The molecule has 0 bridgehead atoms. The van der Waals surface area contributed by atoms with E-state index >= 15 is 0 Å². The molecule has 1 aromatic heterocycles. The fourth-order valence-corrected chi connectivity index (χ4v) is 3.33. The molecular weight excluding hydrogens is 381 g/mol. The molecule has 138 valence electrons. The Bertz CT molecular complexity index is 1170. The molecule has 1 N–H and O–H groups in total. The summed E-state index contributed by atoms with van der Waals surface area (Å²) in [5, 5.41) is 9.84. The summed E-state index contributed by atoms with van der Waals surface area (Å²) in [6.07, 6.45) is -2.23. The molecule has 0 saturated heterocycles. The van der Waals surface area contributed by atoms with Gasteiger partial charge in [-0.1, -0.05) is 17.7 Å². The third kappa shape index (κ3) is 3.08. The van der Waals surface area contributed by atoms with Gasteiger partial charge >= 0.3 is 6.18 Å². The smallest absolute Gasteiger partial charge is 0.416 e. The van der Waals surface area contributed by atoms with Crippen molar-refractivity contribution in [2.24, 2.45) is 0 Å². The summed E-state index contributed by atoms with van der Waals surface area (Å²) in [7, 11) is 0. The van der Waals surface area contributed by atoms with Crippen LogP contribution in [0, 0.1) is 0 Å². The molecule has 0 radical (unpaired) electrons. The average Bonchev–Trinajstić information content (AvgIpc) is 3.00. The molecular formula is C19H12ClF3N2O2. The van der Waals surface area contributed by atoms with Crippen molar-refractivity contribution < 1.29 is 18.3 Å². The zero-order valence-corrected chi connectivity index (χ0v) is 14.5. The van der Waals surface area contributed by atoms with E-state index in [1.165, 1.54) is 16.7 Å². The Balaban J connectivity index is 1.87. The molecule has 0 fully saturated rings. The second kappa shape index (κ2) is 6.13. The predicted octanol–water partition coefficient (Wildman–Crippen LogP) is 4.72. The molecule has 0 atom stereocenters. The highest BCUT2D eigenvalue weighted by atomic mass is 35.5. The summed E-state index contributed by atoms with van der Waals surface area (Å²) < 4.78 is 40.4. The van der Waals surface area contributed by atoms with E-state index in [1.54, 1.807) is 18.2 Å². The van der Waals surface area contributed by atoms with Gasteiger partial charge in [0.1, 0.15) is 11.6 Å². The Kier molecular flexibility index (Phi) is 3.99. The van der Waals surface area contributed by atoms with E-state index in [1.807, 2.05) is 0 Å². The lowest BCUT2D eigenvalue weighted by Crippen LogP contribution is -2.21. The number of rotatable bonds is 1. The van der Waals surface area contributed by atoms with Crippen molar-refractivity contribution in [3.8, 4) is 5.75 Å². The fourth-order valence-electron chi connectivity index (χ4n) is 3.14. The highest BCUT2D eigenvalue weighted by Crippen LogP contribution is 2.33. The number of hydrogen-bond acceptors (Lipinski definition) is 3. The molecule has 4 nitrogen and oxygen atoms in total. The van der Waals surface area contributed by atoms with Crippen molar-refractivity contribution in [1.29, 1.82) is 0 Å². The van der Waals surface area contributed by atoms with Gasteiger partial charge in [0.15, 0.2) is 0 Å². The van der Waals surface area contributed by atoms with E-state index in [0.717, 1.165) is 12.1 Å². The normalized spacial score (nSPS) is 15.5. The van der Waals surface area contributed by atoms with E-state index in [0.29, 0.717) is 29.9 Å². The molecule has 2 heterocycles. The molecule has 1 aliphatic heterocycles. The third-order valence-electron chi connectivity index (χ3n) is 4.49. The van der Waals surface area contributed by atoms with Crippen LogP contribution in [0.4, 0.5) is 13.2 Å². The molecule has 4 rings (SSSR count). The van der Waals surface area contributed by atoms with Gasteiger partial charge in [0.25, 0.3) is 5.56 Å². The Hall–Kier alpha value is -2.80. The van der Waals surface area contributed by atoms with Gasteiger partial charge in [0.2, 0.25) is 0 Å². The van der Waals surface area contributed by atoms with Gasteiger partial charge in [0.05, 0.1) is 21.5 Å². The molecule has 0 unspecified atom stereocenters. The number of aromatic hydroxyl groups is 1. The average molecular weight is 393 g/mol. The molecule has 2 aromatic carbocycles. The van der Waals surface area contributed by atoms with Crippen molar-refractivity contribution in [2.45, 2.75) is 19.1 Å². The first-order valence-electron chi connectivity index (χ1n) is 8.05. The maximum atomic E-state index is 13.0. The van der Waals surface area contributed by atoms with Crippen molar-refractivity contribution in [1.82, 2.24) is 9.55 Å². The number of aromatic nitrogens is 2. The minimum Gasteiger partial charge on any atom is -0.506 e. The number of phenolic OH excluding ortho intramolecular Hbond substituents is 1. The topological polar surface area (TPSA) is 55.1 Å². The van der Waals surface area contributed by atoms with Crippen LogP contribution in [0.2, 0.25) is 5.02 Å². The van der Waals surface area contributed by atoms with Gasteiger partial charge in [-0.05, 0) is 54.0 Å². The van der Waals surface area contributed by atoms with Crippen LogP contribution >= 0.6 is 11.6 Å². The van der Waals surface area contributed by atoms with Crippen LogP contribution in [0.3, 0.4) is 0 Å². The SMILES string of the molecule is O=c1c2ccc(C(F)(F)F)cc2nc2n1CC/C2=C/c1ccc(O)c(Cl)c1. The summed E-state index contributed by atoms with van der Waals surface area (Å²) in [5.41, 5.74) is 0.210. The predicted molar refractivity (Wildman–Crippen MR) is 96.6 cm³/mol. The second-order valence-corrected chi connectivity index (χ2v) is 6.66. The van der Waals surface area contributed by atoms with Gasteiger partial charge in [-0.25, -0.2) is 4.98 Å². The summed E-state index contributed by atoms with van der Waals surface area (Å²) in [5.74, 6) is 0.293. The van der Waals surface area contributed by atoms with Crippen molar-refractivity contribution in [3.63, 3.8) is 0 Å². The number of allylic oxidation sites excluding steroid dienone is 1. The van der Waals surface area contributed by atoms with Gasteiger partial charge < -0.3 is 5.11 Å². The van der Waals surface area contributed by atoms with E-state index in [4.69, 9.17) is 11.6 Å². The first-order chi connectivity index (χ1) is 12.7. The van der Waals surface area contributed by atoms with E-state index in [9.17, 15) is 23.1 Å². The van der Waals surface area contributed by atoms with E-state index in [-0.39, 0.29) is 27.2 Å². The molecule has 0 saturated carbocycles. The van der Waals surface area contributed by atoms with Crippen molar-refractivity contribution in [3.05, 3.63) is 68.7 Å². The molecule has 0 spiro atoms. The Morgan fingerprint density at radius 2 is 1.96 bits per heavy atom. The zero-order chi connectivity index (χ0) is 19.3. The summed E-state index contributed by atoms with van der Waals surface area (Å²) in [4.78, 5) is 17.0. The number of hydrogen-bond donors (Lipinski definition) is 1. The number of alkyl halides is 3. The lowest BCUT2D eigenvalue weighted by Gasteiger charge is -2.09. The van der Waals surface area contributed by atoms with Gasteiger partial charge in [-0.3, -0.25) is 9.36 Å². The molecule has 0 aliphatic carbocycles. The number of fused-ring (bicyclic) bond motifs is 2. The highest BCUT2D eigenvalue weighted by molar-refractivity contribution is 6.32. The summed E-state index contributed by atoms with van der Waals surface area (Å²) >= 11 is 5.91. The molecule has 8 heteroatoms. The minimum absolute atomic E-state index is 0.0117. The van der Waals surface area contributed by atoms with Crippen LogP contribution in [0.1, 0.15) is 23.4 Å². The quantitative estimate of drug-likeness (QED) is 0.652. The van der Waals surface area contributed by atoms with Gasteiger partial charge in [-0.2, -0.15) is 13.2 Å². The molecule has 1 aliphatic rings. The summed E-state index contributed by atoms with van der Waals surface area (Å²) in [6, 6.07) is 7.61. The largest absolute Gasteiger partial charge is 0.506 e. The van der Waals surface area contributed by atoms with Crippen LogP contribution in [-0.2, 0) is 12.7 Å². The van der Waals surface area contributed by atoms with Crippen LogP contribution in [0.5, 0.6) is 5.75 Å². The first kappa shape index (κ1) is 17.6. The maximum absolute atomic E-state index is 13.0. The van der Waals surface area contributed by atoms with Gasteiger partial charge in [-0.15, -0.1) is 0 Å². The number of phenols is 1. The van der Waals surface area contributed by atoms with Crippen molar-refractivity contribution >= 4 is 34.2 Å². The van der Waals surface area contributed by atoms with Crippen LogP contribution in [0.15, 0.2) is 41.2 Å². The van der Waals surface area contributed by atoms with Crippen LogP contribution in [-0.4, -0.2) is 14.7 Å². The highest BCUT2D eigenvalue weighted by Gasteiger charge is 2.31. The Morgan fingerprint density at radius 1 is 1.19 bits per heavy atom. The van der Waals surface area contributed by atoms with Gasteiger partial charge in [0, 0.05) is 6.54 Å². The molecule has 27 heavy (non-hydrogen) atoms. The number of benzene rings is 2. The van der Waals surface area contributed by atoms with Crippen molar-refractivity contribution in [2.75, 3.05) is 0 Å². The first-order valence-corrected chi connectivity index (χ1v) is 8.43. The number of nitrogens with zero attached hydrogens (tertiary/aromatic N) is 2. The Morgan fingerprint density at radius 3 is 2.67 bits per heavy atom.